The number of benzene rings is 1. The predicted molar refractivity (Wildman–Crippen MR) is 87.8 cm³/mol. The average Bonchev–Trinajstić information content (AvgIpc) is 2.46. The van der Waals surface area contributed by atoms with Crippen molar-refractivity contribution in [2.75, 3.05) is 24.2 Å². The van der Waals surface area contributed by atoms with Gasteiger partial charge in [0.25, 0.3) is 0 Å². The molecule has 1 aliphatic heterocycles. The van der Waals surface area contributed by atoms with E-state index < -0.39 is 9.84 Å². The minimum atomic E-state index is -3.27. The molecular weight excluding hydrogens is 300 g/mol. The Hall–Kier alpha value is -1.56. The summed E-state index contributed by atoms with van der Waals surface area (Å²) in [5.74, 6) is 0.00179. The van der Waals surface area contributed by atoms with E-state index in [2.05, 4.69) is 10.2 Å². The summed E-state index contributed by atoms with van der Waals surface area (Å²) in [4.78, 5) is 14.3. The number of rotatable bonds is 4. The zero-order valence-electron chi connectivity index (χ0n) is 13.4. The van der Waals surface area contributed by atoms with E-state index >= 15 is 0 Å². The molecule has 0 saturated carbocycles. The van der Waals surface area contributed by atoms with Crippen LogP contribution in [0.3, 0.4) is 0 Å². The predicted octanol–water partition coefficient (Wildman–Crippen LogP) is 1.83. The Morgan fingerprint density at radius 1 is 1.32 bits per heavy atom. The fourth-order valence-electron chi connectivity index (χ4n) is 2.71. The van der Waals surface area contributed by atoms with Gasteiger partial charge in [-0.05, 0) is 25.0 Å². The molecule has 6 heteroatoms. The molecule has 5 nitrogen and oxygen atoms in total. The molecule has 0 aliphatic carbocycles. The summed E-state index contributed by atoms with van der Waals surface area (Å²) >= 11 is 0. The Kier molecular flexibility index (Phi) is 5.11. The maximum Gasteiger partial charge on any atom is 0.222 e. The van der Waals surface area contributed by atoms with Crippen LogP contribution in [0.4, 0.5) is 5.69 Å². The zero-order valence-corrected chi connectivity index (χ0v) is 14.2. The zero-order chi connectivity index (χ0) is 16.3. The number of anilines is 1. The second-order valence-corrected chi connectivity index (χ2v) is 8.17. The lowest BCUT2D eigenvalue weighted by Crippen LogP contribution is -2.49. The Morgan fingerprint density at radius 2 is 2.00 bits per heavy atom. The number of hydrogen-bond acceptors (Lipinski definition) is 4. The molecule has 1 amide bonds. The fourth-order valence-corrected chi connectivity index (χ4v) is 3.62. The van der Waals surface area contributed by atoms with E-state index in [9.17, 15) is 13.2 Å². The highest BCUT2D eigenvalue weighted by molar-refractivity contribution is 7.90. The number of piperidine rings is 1. The van der Waals surface area contributed by atoms with Crippen molar-refractivity contribution in [1.82, 2.24) is 5.32 Å². The van der Waals surface area contributed by atoms with Gasteiger partial charge in [0.1, 0.15) is 0 Å². The molecular formula is C16H24N2O3S. The van der Waals surface area contributed by atoms with Crippen LogP contribution in [-0.4, -0.2) is 39.7 Å². The molecule has 1 atom stereocenters. The van der Waals surface area contributed by atoms with E-state index in [4.69, 9.17) is 0 Å². The monoisotopic (exact) mass is 324 g/mol. The Bertz CT molecular complexity index is 641. The number of carbonyl (C=O) groups excluding carboxylic acids is 1. The largest absolute Gasteiger partial charge is 0.368 e. The summed E-state index contributed by atoms with van der Waals surface area (Å²) in [6, 6.07) is 7.13. The molecule has 1 heterocycles. The van der Waals surface area contributed by atoms with Crippen molar-refractivity contribution >= 4 is 21.4 Å². The minimum Gasteiger partial charge on any atom is -0.368 e. The maximum absolute atomic E-state index is 11.9. The van der Waals surface area contributed by atoms with Crippen molar-refractivity contribution in [3.63, 3.8) is 0 Å². The van der Waals surface area contributed by atoms with E-state index in [1.807, 2.05) is 26.0 Å². The molecule has 1 unspecified atom stereocenters. The molecule has 122 valence electrons. The normalized spacial score (nSPS) is 19.3. The number of nitrogens with one attached hydrogen (secondary N) is 1. The van der Waals surface area contributed by atoms with Gasteiger partial charge in [0.15, 0.2) is 9.84 Å². The second-order valence-electron chi connectivity index (χ2n) is 6.19. The van der Waals surface area contributed by atoms with Crippen LogP contribution in [-0.2, 0) is 14.6 Å². The highest BCUT2D eigenvalue weighted by Gasteiger charge is 2.25. The van der Waals surface area contributed by atoms with Gasteiger partial charge >= 0.3 is 0 Å². The molecule has 1 saturated heterocycles. The van der Waals surface area contributed by atoms with Gasteiger partial charge in [0.2, 0.25) is 5.91 Å². The standard InChI is InChI=1S/C16H24N2O3S/c1-12(2)16(19)17-13-7-6-10-18(11-13)14-8-4-5-9-15(14)22(3,20)21/h4-5,8-9,12-13H,6-7,10-11H2,1-3H3,(H,17,19). The average molecular weight is 324 g/mol. The number of nitrogens with zero attached hydrogens (tertiary/aromatic N) is 1. The number of amides is 1. The van der Waals surface area contributed by atoms with Gasteiger partial charge in [0.05, 0.1) is 10.6 Å². The Morgan fingerprint density at radius 3 is 2.64 bits per heavy atom. The second kappa shape index (κ2) is 6.69. The van der Waals surface area contributed by atoms with Crippen LogP contribution in [0.5, 0.6) is 0 Å². The van der Waals surface area contributed by atoms with E-state index in [-0.39, 0.29) is 17.9 Å². The first-order chi connectivity index (χ1) is 10.3. The topological polar surface area (TPSA) is 66.5 Å². The maximum atomic E-state index is 11.9. The first kappa shape index (κ1) is 16.8. The van der Waals surface area contributed by atoms with Crippen molar-refractivity contribution in [1.29, 1.82) is 0 Å². The van der Waals surface area contributed by atoms with Crippen LogP contribution in [0.1, 0.15) is 26.7 Å². The first-order valence-electron chi connectivity index (χ1n) is 7.63. The molecule has 0 spiro atoms. The molecule has 22 heavy (non-hydrogen) atoms. The lowest BCUT2D eigenvalue weighted by Gasteiger charge is -2.35. The van der Waals surface area contributed by atoms with Gasteiger partial charge in [-0.15, -0.1) is 0 Å². The van der Waals surface area contributed by atoms with Gasteiger partial charge < -0.3 is 10.2 Å². The van der Waals surface area contributed by atoms with Crippen molar-refractivity contribution in [3.05, 3.63) is 24.3 Å². The molecule has 1 aromatic rings. The summed E-state index contributed by atoms with van der Waals surface area (Å²) in [7, 11) is -3.27. The smallest absolute Gasteiger partial charge is 0.222 e. The summed E-state index contributed by atoms with van der Waals surface area (Å²) in [6.07, 6.45) is 3.09. The first-order valence-corrected chi connectivity index (χ1v) is 9.52. The SMILES string of the molecule is CC(C)C(=O)NC1CCCN(c2ccccc2S(C)(=O)=O)C1. The molecule has 0 aromatic heterocycles. The molecule has 0 bridgehead atoms. The summed E-state index contributed by atoms with van der Waals surface area (Å²) in [5, 5.41) is 3.05. The number of hydrogen-bond donors (Lipinski definition) is 1. The van der Waals surface area contributed by atoms with Crippen molar-refractivity contribution in [2.45, 2.75) is 37.6 Å². The third kappa shape index (κ3) is 4.00. The van der Waals surface area contributed by atoms with Gasteiger partial charge in [-0.25, -0.2) is 8.42 Å². The van der Waals surface area contributed by atoms with Gasteiger partial charge in [0, 0.05) is 31.3 Å². The molecule has 1 aromatic carbocycles. The Labute approximate surface area is 132 Å². The van der Waals surface area contributed by atoms with E-state index in [1.54, 1.807) is 12.1 Å². The van der Waals surface area contributed by atoms with Crippen LogP contribution in [0, 0.1) is 5.92 Å². The van der Waals surface area contributed by atoms with Crippen LogP contribution >= 0.6 is 0 Å². The highest BCUT2D eigenvalue weighted by Crippen LogP contribution is 2.27. The van der Waals surface area contributed by atoms with Crippen LogP contribution in [0.15, 0.2) is 29.2 Å². The molecule has 1 aliphatic rings. The molecule has 1 N–H and O–H groups in total. The van der Waals surface area contributed by atoms with E-state index in [0.29, 0.717) is 11.4 Å². The van der Waals surface area contributed by atoms with Crippen LogP contribution in [0.2, 0.25) is 0 Å². The number of sulfone groups is 1. The van der Waals surface area contributed by atoms with Crippen LogP contribution < -0.4 is 10.2 Å². The lowest BCUT2D eigenvalue weighted by atomic mass is 10.0. The lowest BCUT2D eigenvalue weighted by molar-refractivity contribution is -0.124. The minimum absolute atomic E-state index is 0.0429. The molecule has 0 radical (unpaired) electrons. The fraction of sp³-hybridized carbons (Fsp3) is 0.562. The highest BCUT2D eigenvalue weighted by atomic mass is 32.2. The van der Waals surface area contributed by atoms with E-state index in [1.165, 1.54) is 6.26 Å². The summed E-state index contributed by atoms with van der Waals surface area (Å²) in [6.45, 7) is 5.19. The van der Waals surface area contributed by atoms with Crippen molar-refractivity contribution < 1.29 is 13.2 Å². The third-order valence-electron chi connectivity index (χ3n) is 3.90. The molecule has 1 fully saturated rings. The quantitative estimate of drug-likeness (QED) is 0.917. The van der Waals surface area contributed by atoms with Crippen LogP contribution in [0.25, 0.3) is 0 Å². The summed E-state index contributed by atoms with van der Waals surface area (Å²) < 4.78 is 23.9. The number of carbonyl (C=O) groups is 1. The Balaban J connectivity index is 2.18. The third-order valence-corrected chi connectivity index (χ3v) is 5.04. The van der Waals surface area contributed by atoms with Crippen molar-refractivity contribution in [2.24, 2.45) is 5.92 Å². The van der Waals surface area contributed by atoms with Gasteiger partial charge in [-0.2, -0.15) is 0 Å². The van der Waals surface area contributed by atoms with Gasteiger partial charge in [-0.3, -0.25) is 4.79 Å². The summed E-state index contributed by atoms with van der Waals surface area (Å²) in [5.41, 5.74) is 0.730. The van der Waals surface area contributed by atoms with E-state index in [0.717, 1.165) is 25.1 Å². The molecule has 2 rings (SSSR count). The number of para-hydroxylation sites is 1. The van der Waals surface area contributed by atoms with Gasteiger partial charge in [-0.1, -0.05) is 26.0 Å². The van der Waals surface area contributed by atoms with Crippen molar-refractivity contribution in [3.8, 4) is 0 Å².